The van der Waals surface area contributed by atoms with Crippen LogP contribution in [0.25, 0.3) is 0 Å². The van der Waals surface area contributed by atoms with Crippen LogP contribution in [0.1, 0.15) is 61.8 Å². The third-order valence-electron chi connectivity index (χ3n) is 5.67. The number of para-hydroxylation sites is 1. The number of ether oxygens (including phenoxy) is 1. The molecule has 0 radical (unpaired) electrons. The number of nitro groups is 1. The van der Waals surface area contributed by atoms with Crippen molar-refractivity contribution in [1.82, 2.24) is 14.5 Å². The van der Waals surface area contributed by atoms with E-state index in [1.807, 2.05) is 20.8 Å². The highest BCUT2D eigenvalue weighted by molar-refractivity contribution is 7.89. The summed E-state index contributed by atoms with van der Waals surface area (Å²) in [5.41, 5.74) is -1.52. The van der Waals surface area contributed by atoms with Gasteiger partial charge in [-0.15, -0.1) is 0 Å². The first-order valence-electron chi connectivity index (χ1n) is 11.9. The summed E-state index contributed by atoms with van der Waals surface area (Å²) in [5.74, 6) is -0.335. The van der Waals surface area contributed by atoms with E-state index in [9.17, 15) is 28.1 Å². The van der Waals surface area contributed by atoms with Gasteiger partial charge in [-0.25, -0.2) is 13.2 Å². The molecule has 0 bridgehead atoms. The predicted molar refractivity (Wildman–Crippen MR) is 135 cm³/mol. The number of benzene rings is 1. The Hall–Kier alpha value is -2.73. The minimum Gasteiger partial charge on any atom is -0.444 e. The summed E-state index contributed by atoms with van der Waals surface area (Å²) in [6, 6.07) is 3.17. The molecule has 0 saturated carbocycles. The maximum absolute atomic E-state index is 13.6. The topological polar surface area (TPSA) is 139 Å². The lowest BCUT2D eigenvalue weighted by molar-refractivity contribution is -0.387. The summed E-state index contributed by atoms with van der Waals surface area (Å²) in [7, 11) is -4.19. The number of rotatable bonds is 6. The summed E-state index contributed by atoms with van der Waals surface area (Å²) < 4.78 is 33.3. The molecule has 11 nitrogen and oxygen atoms in total. The number of nitrogens with zero attached hydrogens (tertiary/aromatic N) is 3. The van der Waals surface area contributed by atoms with E-state index in [0.717, 1.165) is 6.07 Å². The van der Waals surface area contributed by atoms with Crippen molar-refractivity contribution in [3.8, 4) is 0 Å². The number of piperazine rings is 1. The molecule has 1 aromatic carbocycles. The third kappa shape index (κ3) is 7.39. The van der Waals surface area contributed by atoms with E-state index in [4.69, 9.17) is 4.74 Å². The highest BCUT2D eigenvalue weighted by Gasteiger charge is 2.43. The molecule has 12 heteroatoms. The standard InChI is InChI=1S/C24H38N4O7S/c1-16-15-27(36(33,34)20-12-10-9-11-19(20)28(31)32)17(2)14-26(16)21(29)18(13-23(3,4)5)25-22(30)35-24(6,7)8/h9-12,16-18H,13-15H2,1-8H3,(H,25,30)/t16-,17+,18+/m1/s1. The van der Waals surface area contributed by atoms with Crippen LogP contribution >= 0.6 is 0 Å². The molecule has 1 fully saturated rings. The summed E-state index contributed by atoms with van der Waals surface area (Å²) >= 11 is 0. The van der Waals surface area contributed by atoms with E-state index >= 15 is 0 Å². The van der Waals surface area contributed by atoms with Crippen LogP contribution < -0.4 is 5.32 Å². The van der Waals surface area contributed by atoms with E-state index in [1.54, 1.807) is 39.5 Å². The zero-order valence-corrected chi connectivity index (χ0v) is 23.1. The summed E-state index contributed by atoms with van der Waals surface area (Å²) in [4.78, 5) is 38.0. The minimum atomic E-state index is -4.19. The molecule has 1 aliphatic heterocycles. The molecule has 0 unspecified atom stereocenters. The van der Waals surface area contributed by atoms with Gasteiger partial charge in [0.15, 0.2) is 4.90 Å². The fourth-order valence-corrected chi connectivity index (χ4v) is 6.01. The van der Waals surface area contributed by atoms with Gasteiger partial charge < -0.3 is 15.0 Å². The fourth-order valence-electron chi connectivity index (χ4n) is 4.15. The summed E-state index contributed by atoms with van der Waals surface area (Å²) in [6.45, 7) is 14.4. The number of carbonyl (C=O) groups is 2. The average Bonchev–Trinajstić information content (AvgIpc) is 2.71. The molecule has 2 rings (SSSR count). The van der Waals surface area contributed by atoms with Gasteiger partial charge in [-0.05, 0) is 52.5 Å². The van der Waals surface area contributed by atoms with Gasteiger partial charge in [0.25, 0.3) is 5.69 Å². The van der Waals surface area contributed by atoms with Gasteiger partial charge in [-0.2, -0.15) is 4.31 Å². The SMILES string of the molecule is C[C@@H]1CN(S(=O)(=O)c2ccccc2[N+](=O)[O-])[C@@H](C)CN1C(=O)[C@H](CC(C)(C)C)NC(=O)OC(C)(C)C. The number of hydrogen-bond acceptors (Lipinski definition) is 7. The van der Waals surface area contributed by atoms with Crippen LogP contribution in [0, 0.1) is 15.5 Å². The van der Waals surface area contributed by atoms with E-state index in [0.29, 0.717) is 6.42 Å². The van der Waals surface area contributed by atoms with Crippen molar-refractivity contribution >= 4 is 27.7 Å². The Kier molecular flexibility index (Phi) is 8.78. The first-order chi connectivity index (χ1) is 16.3. The number of nitro benzene ring substituents is 1. The van der Waals surface area contributed by atoms with Crippen molar-refractivity contribution in [2.75, 3.05) is 13.1 Å². The molecule has 1 saturated heterocycles. The third-order valence-corrected chi connectivity index (χ3v) is 7.69. The molecular weight excluding hydrogens is 488 g/mol. The van der Waals surface area contributed by atoms with Crippen LogP contribution in [-0.4, -0.2) is 71.4 Å². The molecule has 1 aromatic rings. The van der Waals surface area contributed by atoms with E-state index < -0.39 is 50.5 Å². The zero-order valence-electron chi connectivity index (χ0n) is 22.3. The first-order valence-corrected chi connectivity index (χ1v) is 13.3. The number of hydrogen-bond donors (Lipinski definition) is 1. The number of amides is 2. The molecule has 36 heavy (non-hydrogen) atoms. The number of carbonyl (C=O) groups excluding carboxylic acids is 2. The molecule has 1 heterocycles. The van der Waals surface area contributed by atoms with Crippen molar-refractivity contribution < 1.29 is 27.7 Å². The molecule has 1 N–H and O–H groups in total. The Morgan fingerprint density at radius 3 is 2.22 bits per heavy atom. The van der Waals surface area contributed by atoms with Gasteiger partial charge in [0, 0.05) is 31.2 Å². The van der Waals surface area contributed by atoms with E-state index in [1.165, 1.54) is 22.5 Å². The van der Waals surface area contributed by atoms with Crippen molar-refractivity contribution in [3.05, 3.63) is 34.4 Å². The van der Waals surface area contributed by atoms with Gasteiger partial charge in [-0.1, -0.05) is 32.9 Å². The van der Waals surface area contributed by atoms with Crippen LogP contribution in [-0.2, 0) is 19.6 Å². The van der Waals surface area contributed by atoms with Crippen molar-refractivity contribution in [2.45, 2.75) is 90.4 Å². The minimum absolute atomic E-state index is 0.0457. The van der Waals surface area contributed by atoms with Crippen molar-refractivity contribution in [2.24, 2.45) is 5.41 Å². The molecule has 0 aliphatic carbocycles. The quantitative estimate of drug-likeness (QED) is 0.442. The van der Waals surface area contributed by atoms with E-state index in [-0.39, 0.29) is 29.3 Å². The lowest BCUT2D eigenvalue weighted by Crippen LogP contribution is -2.62. The highest BCUT2D eigenvalue weighted by atomic mass is 32.2. The Morgan fingerprint density at radius 1 is 1.11 bits per heavy atom. The van der Waals surface area contributed by atoms with Crippen LogP contribution in [0.4, 0.5) is 10.5 Å². The molecule has 202 valence electrons. The van der Waals surface area contributed by atoms with Gasteiger partial charge in [0.2, 0.25) is 15.9 Å². The van der Waals surface area contributed by atoms with Crippen LogP contribution in [0.2, 0.25) is 0 Å². The van der Waals surface area contributed by atoms with Crippen molar-refractivity contribution in [3.63, 3.8) is 0 Å². The summed E-state index contributed by atoms with van der Waals surface area (Å²) in [6.07, 6.45) is -0.357. The smallest absolute Gasteiger partial charge is 0.408 e. The molecule has 3 atom stereocenters. The maximum atomic E-state index is 13.6. The largest absolute Gasteiger partial charge is 0.444 e. The Labute approximate surface area is 213 Å². The Balaban J connectivity index is 2.29. The number of sulfonamides is 1. The molecule has 0 spiro atoms. The Bertz CT molecular complexity index is 1090. The number of alkyl carbamates (subject to hydrolysis) is 1. The molecule has 2 amide bonds. The second-order valence-corrected chi connectivity index (χ2v) is 13.3. The van der Waals surface area contributed by atoms with Gasteiger partial charge >= 0.3 is 6.09 Å². The van der Waals surface area contributed by atoms with Crippen LogP contribution in [0.5, 0.6) is 0 Å². The van der Waals surface area contributed by atoms with Gasteiger partial charge in [0.05, 0.1) is 4.92 Å². The lowest BCUT2D eigenvalue weighted by Gasteiger charge is -2.44. The summed E-state index contributed by atoms with van der Waals surface area (Å²) in [5, 5.41) is 14.1. The van der Waals surface area contributed by atoms with Gasteiger partial charge in [0.1, 0.15) is 11.6 Å². The second-order valence-electron chi connectivity index (χ2n) is 11.5. The highest BCUT2D eigenvalue weighted by Crippen LogP contribution is 2.31. The number of nitrogens with one attached hydrogen (secondary N) is 1. The molecular formula is C24H38N4O7S. The zero-order chi connectivity index (χ0) is 27.6. The fraction of sp³-hybridized carbons (Fsp3) is 0.667. The van der Waals surface area contributed by atoms with E-state index in [2.05, 4.69) is 5.32 Å². The monoisotopic (exact) mass is 526 g/mol. The van der Waals surface area contributed by atoms with Crippen LogP contribution in [0.15, 0.2) is 29.2 Å². The van der Waals surface area contributed by atoms with Crippen molar-refractivity contribution in [1.29, 1.82) is 0 Å². The molecule has 0 aromatic heterocycles. The predicted octanol–water partition coefficient (Wildman–Crippen LogP) is 3.53. The Morgan fingerprint density at radius 2 is 1.69 bits per heavy atom. The second kappa shape index (κ2) is 10.7. The maximum Gasteiger partial charge on any atom is 0.408 e. The first kappa shape index (κ1) is 29.5. The normalized spacial score (nSPS) is 20.5. The van der Waals surface area contributed by atoms with Crippen LogP contribution in [0.3, 0.4) is 0 Å². The average molecular weight is 527 g/mol. The van der Waals surface area contributed by atoms with Gasteiger partial charge in [-0.3, -0.25) is 14.9 Å². The molecule has 1 aliphatic rings. The lowest BCUT2D eigenvalue weighted by atomic mass is 9.87.